The zero-order chi connectivity index (χ0) is 19.6. The van der Waals surface area contributed by atoms with Gasteiger partial charge in [-0.25, -0.2) is 0 Å². The fraction of sp³-hybridized carbons (Fsp3) is 0.913. The largest absolute Gasteiger partial charge is 0.462 e. The van der Waals surface area contributed by atoms with Crippen molar-refractivity contribution < 1.29 is 19.4 Å². The Morgan fingerprint density at radius 3 is 2.41 bits per heavy atom. The van der Waals surface area contributed by atoms with Crippen LogP contribution in [0.5, 0.6) is 0 Å². The third-order valence-corrected chi connectivity index (χ3v) is 9.33. The molecular formula is C23H36O4. The van der Waals surface area contributed by atoms with E-state index < -0.39 is 5.60 Å². The quantitative estimate of drug-likeness (QED) is 0.736. The average Bonchev–Trinajstić information content (AvgIpc) is 2.91. The number of ketones is 1. The lowest BCUT2D eigenvalue weighted by atomic mass is 9.46. The van der Waals surface area contributed by atoms with E-state index in [0.29, 0.717) is 23.5 Å². The minimum Gasteiger partial charge on any atom is -0.462 e. The Labute approximate surface area is 163 Å². The van der Waals surface area contributed by atoms with E-state index in [-0.39, 0.29) is 35.2 Å². The Balaban J connectivity index is 1.59. The fourth-order valence-corrected chi connectivity index (χ4v) is 8.00. The van der Waals surface area contributed by atoms with Crippen molar-refractivity contribution in [2.75, 3.05) is 0 Å². The third-order valence-electron chi connectivity index (χ3n) is 9.33. The lowest BCUT2D eigenvalue weighted by Gasteiger charge is -2.61. The van der Waals surface area contributed by atoms with E-state index in [0.717, 1.165) is 51.4 Å². The van der Waals surface area contributed by atoms with Crippen molar-refractivity contribution >= 4 is 11.8 Å². The van der Waals surface area contributed by atoms with Crippen LogP contribution >= 0.6 is 0 Å². The number of esters is 1. The van der Waals surface area contributed by atoms with Gasteiger partial charge in [-0.05, 0) is 87.9 Å². The van der Waals surface area contributed by atoms with Crippen LogP contribution in [-0.2, 0) is 14.3 Å². The Hall–Kier alpha value is -0.900. The van der Waals surface area contributed by atoms with Crippen molar-refractivity contribution in [2.45, 2.75) is 90.8 Å². The summed E-state index contributed by atoms with van der Waals surface area (Å²) in [6, 6.07) is 0. The van der Waals surface area contributed by atoms with Crippen LogP contribution in [0.15, 0.2) is 0 Å². The monoisotopic (exact) mass is 376 g/mol. The molecule has 0 radical (unpaired) electrons. The van der Waals surface area contributed by atoms with Crippen molar-refractivity contribution in [1.29, 1.82) is 0 Å². The van der Waals surface area contributed by atoms with Gasteiger partial charge in [-0.3, -0.25) is 9.59 Å². The van der Waals surface area contributed by atoms with E-state index in [4.69, 9.17) is 4.74 Å². The van der Waals surface area contributed by atoms with Gasteiger partial charge in [-0.2, -0.15) is 0 Å². The van der Waals surface area contributed by atoms with Crippen molar-refractivity contribution in [3.8, 4) is 0 Å². The molecule has 4 fully saturated rings. The molecule has 4 heteroatoms. The maximum atomic E-state index is 12.0. The second-order valence-corrected chi connectivity index (χ2v) is 10.4. The summed E-state index contributed by atoms with van der Waals surface area (Å²) in [5, 5.41) is 12.0. The van der Waals surface area contributed by atoms with Gasteiger partial charge in [0, 0.05) is 18.3 Å². The number of aliphatic hydroxyl groups is 1. The molecule has 4 saturated carbocycles. The van der Waals surface area contributed by atoms with Crippen LogP contribution in [0.1, 0.15) is 79.1 Å². The van der Waals surface area contributed by atoms with Crippen LogP contribution in [0.2, 0.25) is 0 Å². The minimum atomic E-state index is -0.615. The highest BCUT2D eigenvalue weighted by molar-refractivity contribution is 5.78. The van der Waals surface area contributed by atoms with Gasteiger partial charge in [-0.1, -0.05) is 13.8 Å². The molecule has 4 aliphatic rings. The van der Waals surface area contributed by atoms with Crippen LogP contribution in [-0.4, -0.2) is 28.6 Å². The van der Waals surface area contributed by atoms with E-state index in [2.05, 4.69) is 13.8 Å². The lowest BCUT2D eigenvalue weighted by molar-refractivity contribution is -0.211. The third kappa shape index (κ3) is 2.81. The van der Waals surface area contributed by atoms with E-state index in [9.17, 15) is 14.7 Å². The highest BCUT2D eigenvalue weighted by Gasteiger charge is 2.63. The molecule has 1 N–H and O–H groups in total. The smallest absolute Gasteiger partial charge is 0.302 e. The summed E-state index contributed by atoms with van der Waals surface area (Å²) < 4.78 is 5.72. The summed E-state index contributed by atoms with van der Waals surface area (Å²) in [4.78, 5) is 23.6. The molecule has 0 unspecified atom stereocenters. The van der Waals surface area contributed by atoms with E-state index in [1.807, 2.05) is 0 Å². The van der Waals surface area contributed by atoms with Crippen molar-refractivity contribution in [3.63, 3.8) is 0 Å². The maximum absolute atomic E-state index is 12.0. The Bertz CT molecular complexity index is 630. The molecule has 0 spiro atoms. The molecule has 0 amide bonds. The number of fused-ring (bicyclic) bond motifs is 5. The lowest BCUT2D eigenvalue weighted by Crippen LogP contribution is -2.62. The summed E-state index contributed by atoms with van der Waals surface area (Å²) in [6.07, 6.45) is 8.08. The second-order valence-electron chi connectivity index (χ2n) is 10.4. The minimum absolute atomic E-state index is 0.0409. The molecular weight excluding hydrogens is 340 g/mol. The highest BCUT2D eigenvalue weighted by atomic mass is 16.5. The standard InChI is InChI=1S/C23H36O4/c1-13-11-16(14(2)24)12-17-5-6-18-19-7-8-21(27-15(3)25)22(19,4)10-9-20(18)23(13,17)26/h13,16-21,26H,5-12H2,1-4H3/t13-,16-,17+,18+,19+,20+,21+,22+,23+/m1/s1. The zero-order valence-electron chi connectivity index (χ0n) is 17.4. The van der Waals surface area contributed by atoms with Crippen LogP contribution in [0.4, 0.5) is 0 Å². The van der Waals surface area contributed by atoms with Crippen LogP contribution in [0.3, 0.4) is 0 Å². The fourth-order valence-electron chi connectivity index (χ4n) is 8.00. The van der Waals surface area contributed by atoms with Gasteiger partial charge < -0.3 is 9.84 Å². The van der Waals surface area contributed by atoms with E-state index in [1.54, 1.807) is 6.92 Å². The van der Waals surface area contributed by atoms with Gasteiger partial charge in [0.05, 0.1) is 5.60 Å². The summed E-state index contributed by atoms with van der Waals surface area (Å²) in [6.45, 7) is 7.73. The topological polar surface area (TPSA) is 63.6 Å². The highest BCUT2D eigenvalue weighted by Crippen LogP contribution is 2.65. The first-order valence-corrected chi connectivity index (χ1v) is 11.1. The number of hydrogen-bond acceptors (Lipinski definition) is 4. The summed E-state index contributed by atoms with van der Waals surface area (Å²) in [5.74, 6) is 2.14. The molecule has 4 nitrogen and oxygen atoms in total. The maximum Gasteiger partial charge on any atom is 0.302 e. The average molecular weight is 377 g/mol. The van der Waals surface area contributed by atoms with Gasteiger partial charge in [0.25, 0.3) is 0 Å². The number of carbonyl (C=O) groups excluding carboxylic acids is 2. The molecule has 0 bridgehead atoms. The second kappa shape index (κ2) is 6.57. The van der Waals surface area contributed by atoms with Crippen molar-refractivity contribution in [3.05, 3.63) is 0 Å². The summed E-state index contributed by atoms with van der Waals surface area (Å²) in [7, 11) is 0. The molecule has 0 heterocycles. The number of Topliss-reactive ketones (excluding diaryl/α,β-unsaturated/α-hetero) is 1. The van der Waals surface area contributed by atoms with Crippen LogP contribution in [0.25, 0.3) is 0 Å². The van der Waals surface area contributed by atoms with Gasteiger partial charge in [-0.15, -0.1) is 0 Å². The van der Waals surface area contributed by atoms with Gasteiger partial charge in [0.2, 0.25) is 0 Å². The Morgan fingerprint density at radius 2 is 1.74 bits per heavy atom. The molecule has 0 aliphatic heterocycles. The van der Waals surface area contributed by atoms with Gasteiger partial charge in [0.15, 0.2) is 0 Å². The van der Waals surface area contributed by atoms with Gasteiger partial charge in [0.1, 0.15) is 11.9 Å². The Morgan fingerprint density at radius 1 is 1.00 bits per heavy atom. The van der Waals surface area contributed by atoms with Gasteiger partial charge >= 0.3 is 5.97 Å². The molecule has 4 aliphatic carbocycles. The van der Waals surface area contributed by atoms with E-state index in [1.165, 1.54) is 6.92 Å². The molecule has 0 aromatic rings. The molecule has 0 aromatic heterocycles. The first-order chi connectivity index (χ1) is 12.7. The van der Waals surface area contributed by atoms with Crippen LogP contribution in [0, 0.1) is 40.9 Å². The summed E-state index contributed by atoms with van der Waals surface area (Å²) >= 11 is 0. The first-order valence-electron chi connectivity index (χ1n) is 11.1. The molecule has 0 saturated heterocycles. The SMILES string of the molecule is CC(=O)O[C@H]1CC[C@H]2[C@@H]3CC[C@H]4C[C@H](C(C)=O)C[C@@H](C)[C@@]4(O)[C@H]3CC[C@]12C. The molecule has 0 aromatic carbocycles. The predicted octanol–water partition coefficient (Wildman–Crippen LogP) is 4.14. The van der Waals surface area contributed by atoms with Crippen molar-refractivity contribution in [1.82, 2.24) is 0 Å². The molecule has 152 valence electrons. The Kier molecular flexibility index (Phi) is 4.73. The van der Waals surface area contributed by atoms with Crippen molar-refractivity contribution in [2.24, 2.45) is 40.9 Å². The molecule has 27 heavy (non-hydrogen) atoms. The normalized spacial score (nSPS) is 51.7. The summed E-state index contributed by atoms with van der Waals surface area (Å²) in [5.41, 5.74) is -0.550. The van der Waals surface area contributed by atoms with E-state index >= 15 is 0 Å². The first kappa shape index (κ1) is 19.4. The number of ether oxygens (including phenoxy) is 1. The number of carbonyl (C=O) groups is 2. The number of hydrogen-bond donors (Lipinski definition) is 1. The van der Waals surface area contributed by atoms with Crippen LogP contribution < -0.4 is 0 Å². The predicted molar refractivity (Wildman–Crippen MR) is 103 cm³/mol. The zero-order valence-corrected chi connectivity index (χ0v) is 17.4. The molecule has 9 atom stereocenters. The number of rotatable bonds is 2. The molecule has 4 rings (SSSR count).